The number of terminal acetylenes is 1. The lowest BCUT2D eigenvalue weighted by molar-refractivity contribution is 0.195. The molecule has 9 heteroatoms. The molecule has 1 aliphatic heterocycles. The molecule has 0 unspecified atom stereocenters. The fraction of sp³-hybridized carbons (Fsp3) is 0.304. The standard InChI is InChI=1S/C23H23N7O2/c1-3-7-25-23(31)29-10-8-28(9-11-29)21-6-5-17(14-26-21)20-12-19(32-4-2)16-30-22(20)18(13-24)15-27-30/h1,5-6,12,14-16H,4,7-11H2,2H3,(H,25,31). The van der Waals surface area contributed by atoms with Gasteiger partial charge in [0, 0.05) is 43.5 Å². The van der Waals surface area contributed by atoms with Crippen molar-refractivity contribution in [3.05, 3.63) is 42.4 Å². The van der Waals surface area contributed by atoms with Gasteiger partial charge in [-0.15, -0.1) is 6.42 Å². The van der Waals surface area contributed by atoms with Crippen LogP contribution in [-0.2, 0) is 0 Å². The van der Waals surface area contributed by atoms with Crippen LogP contribution in [-0.4, -0.2) is 64.9 Å². The van der Waals surface area contributed by atoms with E-state index in [1.807, 2.05) is 25.1 Å². The summed E-state index contributed by atoms with van der Waals surface area (Å²) in [4.78, 5) is 20.6. The Morgan fingerprint density at radius 1 is 1.28 bits per heavy atom. The lowest BCUT2D eigenvalue weighted by Gasteiger charge is -2.35. The van der Waals surface area contributed by atoms with Gasteiger partial charge in [0.25, 0.3) is 0 Å². The molecular formula is C23H23N7O2. The molecule has 0 aromatic carbocycles. The maximum absolute atomic E-state index is 12.1. The van der Waals surface area contributed by atoms with E-state index in [0.717, 1.165) is 22.5 Å². The molecule has 9 nitrogen and oxygen atoms in total. The molecule has 1 N–H and O–H groups in total. The maximum atomic E-state index is 12.1. The molecule has 0 aliphatic carbocycles. The highest BCUT2D eigenvalue weighted by molar-refractivity contribution is 5.85. The minimum Gasteiger partial charge on any atom is -0.492 e. The summed E-state index contributed by atoms with van der Waals surface area (Å²) >= 11 is 0. The van der Waals surface area contributed by atoms with E-state index in [-0.39, 0.29) is 12.6 Å². The van der Waals surface area contributed by atoms with E-state index in [1.54, 1.807) is 28.0 Å². The number of amides is 2. The fourth-order valence-electron chi connectivity index (χ4n) is 3.75. The number of carbonyl (C=O) groups is 1. The normalized spacial score (nSPS) is 13.5. The lowest BCUT2D eigenvalue weighted by Crippen LogP contribution is -2.52. The predicted molar refractivity (Wildman–Crippen MR) is 120 cm³/mol. The number of rotatable bonds is 5. The second-order valence-electron chi connectivity index (χ2n) is 7.23. The Morgan fingerprint density at radius 3 is 2.75 bits per heavy atom. The molecule has 4 rings (SSSR count). The molecule has 1 saturated heterocycles. The van der Waals surface area contributed by atoms with E-state index in [0.29, 0.717) is 44.1 Å². The molecule has 0 bridgehead atoms. The van der Waals surface area contributed by atoms with E-state index < -0.39 is 0 Å². The van der Waals surface area contributed by atoms with Gasteiger partial charge in [0.15, 0.2) is 0 Å². The van der Waals surface area contributed by atoms with Crippen LogP contribution in [0.1, 0.15) is 12.5 Å². The van der Waals surface area contributed by atoms with Crippen molar-refractivity contribution in [3.63, 3.8) is 0 Å². The predicted octanol–water partition coefficient (Wildman–Crippen LogP) is 2.13. The fourth-order valence-corrected chi connectivity index (χ4v) is 3.75. The van der Waals surface area contributed by atoms with Gasteiger partial charge in [-0.3, -0.25) is 0 Å². The van der Waals surface area contributed by atoms with Gasteiger partial charge < -0.3 is 19.9 Å². The SMILES string of the molecule is C#CCNC(=O)N1CCN(c2ccc(-c3cc(OCC)cn4ncc(C#N)c34)cn2)CC1. The third-order valence-corrected chi connectivity index (χ3v) is 5.31. The third kappa shape index (κ3) is 4.14. The third-order valence-electron chi connectivity index (χ3n) is 5.31. The quantitative estimate of drug-likeness (QED) is 0.624. The summed E-state index contributed by atoms with van der Waals surface area (Å²) in [6.07, 6.45) is 10.3. The molecule has 162 valence electrons. The summed E-state index contributed by atoms with van der Waals surface area (Å²) in [5, 5.41) is 16.5. The summed E-state index contributed by atoms with van der Waals surface area (Å²) < 4.78 is 7.34. The summed E-state index contributed by atoms with van der Waals surface area (Å²) in [6.45, 7) is 5.23. The van der Waals surface area contributed by atoms with Crippen LogP contribution >= 0.6 is 0 Å². The van der Waals surface area contributed by atoms with Crippen LogP contribution in [0.25, 0.3) is 16.6 Å². The first-order chi connectivity index (χ1) is 15.6. The number of piperazine rings is 1. The van der Waals surface area contributed by atoms with E-state index >= 15 is 0 Å². The van der Waals surface area contributed by atoms with E-state index in [1.165, 1.54) is 0 Å². The van der Waals surface area contributed by atoms with Gasteiger partial charge in [-0.05, 0) is 25.1 Å². The number of nitrogens with one attached hydrogen (secondary N) is 1. The van der Waals surface area contributed by atoms with Crippen LogP contribution in [0.5, 0.6) is 5.75 Å². The monoisotopic (exact) mass is 429 g/mol. The largest absolute Gasteiger partial charge is 0.492 e. The van der Waals surface area contributed by atoms with Crippen molar-refractivity contribution in [2.75, 3.05) is 44.2 Å². The molecule has 0 radical (unpaired) electrons. The van der Waals surface area contributed by atoms with Crippen molar-refractivity contribution >= 4 is 17.4 Å². The van der Waals surface area contributed by atoms with Crippen LogP contribution in [0.15, 0.2) is 36.8 Å². The molecule has 3 aromatic heterocycles. The zero-order chi connectivity index (χ0) is 22.5. The number of aromatic nitrogens is 3. The average Bonchev–Trinajstić information content (AvgIpc) is 3.25. The number of carbonyl (C=O) groups excluding carboxylic acids is 1. The summed E-state index contributed by atoms with van der Waals surface area (Å²) in [6, 6.07) is 7.90. The van der Waals surface area contributed by atoms with Crippen LogP contribution in [0.3, 0.4) is 0 Å². The smallest absolute Gasteiger partial charge is 0.318 e. The van der Waals surface area contributed by atoms with Crippen molar-refractivity contribution in [2.45, 2.75) is 6.92 Å². The number of pyridine rings is 2. The molecule has 3 aromatic rings. The summed E-state index contributed by atoms with van der Waals surface area (Å²) in [7, 11) is 0. The minimum atomic E-state index is -0.141. The van der Waals surface area contributed by atoms with Gasteiger partial charge in [-0.2, -0.15) is 10.4 Å². The first-order valence-corrected chi connectivity index (χ1v) is 10.4. The molecule has 32 heavy (non-hydrogen) atoms. The number of urea groups is 1. The summed E-state index contributed by atoms with van der Waals surface area (Å²) in [5.74, 6) is 3.92. The highest BCUT2D eigenvalue weighted by atomic mass is 16.5. The zero-order valence-electron chi connectivity index (χ0n) is 17.8. The number of nitriles is 1. The zero-order valence-corrected chi connectivity index (χ0v) is 17.8. The Bertz CT molecular complexity index is 1200. The average molecular weight is 429 g/mol. The van der Waals surface area contributed by atoms with Gasteiger partial charge in [0.2, 0.25) is 0 Å². The first kappa shape index (κ1) is 21.0. The first-order valence-electron chi connectivity index (χ1n) is 10.4. The number of ether oxygens (including phenoxy) is 1. The topological polar surface area (TPSA) is 98.8 Å². The number of anilines is 1. The number of hydrogen-bond acceptors (Lipinski definition) is 6. The van der Waals surface area contributed by atoms with Crippen LogP contribution in [0.4, 0.5) is 10.6 Å². The Kier molecular flexibility index (Phi) is 6.09. The van der Waals surface area contributed by atoms with Gasteiger partial charge in [0.05, 0.1) is 36.6 Å². The molecule has 1 aliphatic rings. The Balaban J connectivity index is 1.54. The second kappa shape index (κ2) is 9.27. The van der Waals surface area contributed by atoms with Crippen LogP contribution < -0.4 is 15.0 Å². The van der Waals surface area contributed by atoms with Crippen molar-refractivity contribution in [2.24, 2.45) is 0 Å². The molecule has 0 spiro atoms. The highest BCUT2D eigenvalue weighted by Gasteiger charge is 2.22. The molecular weight excluding hydrogens is 406 g/mol. The number of hydrogen-bond donors (Lipinski definition) is 1. The van der Waals surface area contributed by atoms with Gasteiger partial charge in [0.1, 0.15) is 17.6 Å². The molecule has 2 amide bonds. The van der Waals surface area contributed by atoms with Crippen molar-refractivity contribution in [3.8, 4) is 35.3 Å². The van der Waals surface area contributed by atoms with Gasteiger partial charge >= 0.3 is 6.03 Å². The highest BCUT2D eigenvalue weighted by Crippen LogP contribution is 2.31. The Labute approximate surface area is 186 Å². The second-order valence-corrected chi connectivity index (χ2v) is 7.23. The van der Waals surface area contributed by atoms with Gasteiger partial charge in [-0.1, -0.05) is 5.92 Å². The summed E-state index contributed by atoms with van der Waals surface area (Å²) in [5.41, 5.74) is 2.91. The maximum Gasteiger partial charge on any atom is 0.318 e. The molecule has 0 saturated carbocycles. The lowest BCUT2D eigenvalue weighted by atomic mass is 10.1. The Morgan fingerprint density at radius 2 is 2.09 bits per heavy atom. The van der Waals surface area contributed by atoms with Gasteiger partial charge in [-0.25, -0.2) is 14.3 Å². The van der Waals surface area contributed by atoms with Crippen LogP contribution in [0.2, 0.25) is 0 Å². The van der Waals surface area contributed by atoms with Crippen molar-refractivity contribution < 1.29 is 9.53 Å². The van der Waals surface area contributed by atoms with E-state index in [9.17, 15) is 10.1 Å². The number of fused-ring (bicyclic) bond motifs is 1. The van der Waals surface area contributed by atoms with Crippen molar-refractivity contribution in [1.82, 2.24) is 24.8 Å². The van der Waals surface area contributed by atoms with E-state index in [2.05, 4.69) is 32.3 Å². The minimum absolute atomic E-state index is 0.141. The Hall–Kier alpha value is -4.24. The molecule has 0 atom stereocenters. The molecule has 4 heterocycles. The van der Waals surface area contributed by atoms with Crippen molar-refractivity contribution in [1.29, 1.82) is 5.26 Å². The number of nitrogens with zero attached hydrogens (tertiary/aromatic N) is 6. The van der Waals surface area contributed by atoms with E-state index in [4.69, 9.17) is 11.2 Å². The molecule has 1 fully saturated rings. The van der Waals surface area contributed by atoms with Crippen LogP contribution in [0, 0.1) is 23.7 Å².